The molecule has 0 bridgehead atoms. The minimum absolute atomic E-state index is 0.341. The Morgan fingerprint density at radius 1 is 1.38 bits per heavy atom. The lowest BCUT2D eigenvalue weighted by molar-refractivity contribution is 0.186. The summed E-state index contributed by atoms with van der Waals surface area (Å²) >= 11 is 0. The van der Waals surface area contributed by atoms with Crippen molar-refractivity contribution in [1.29, 1.82) is 0 Å². The summed E-state index contributed by atoms with van der Waals surface area (Å²) < 4.78 is 0. The van der Waals surface area contributed by atoms with Gasteiger partial charge in [0.05, 0.1) is 0 Å². The highest BCUT2D eigenvalue weighted by Crippen LogP contribution is 2.12. The van der Waals surface area contributed by atoms with Crippen molar-refractivity contribution in [3.8, 4) is 0 Å². The highest BCUT2D eigenvalue weighted by Gasteiger charge is 2.07. The minimum atomic E-state index is 0.341. The van der Waals surface area contributed by atoms with Crippen molar-refractivity contribution >= 4 is 0 Å². The maximum absolute atomic E-state index is 8.70. The molecule has 0 aliphatic carbocycles. The average molecular weight is 116 g/mol. The summed E-state index contributed by atoms with van der Waals surface area (Å²) in [5, 5.41) is 8.70. The smallest absolute Gasteiger partial charge is 0.0461 e. The number of hydrogen-bond donors (Lipinski definition) is 1. The molecular weight excluding hydrogens is 100 g/mol. The van der Waals surface area contributed by atoms with Crippen LogP contribution in [0, 0.1) is 11.8 Å². The summed E-state index contributed by atoms with van der Waals surface area (Å²) in [6, 6.07) is 0. The average Bonchev–Trinajstić information content (AvgIpc) is 1.69. The normalized spacial score (nSPS) is 14.6. The quantitative estimate of drug-likeness (QED) is 0.594. The Kier molecular flexibility index (Phi) is 3.88. The van der Waals surface area contributed by atoms with Crippen molar-refractivity contribution in [3.63, 3.8) is 0 Å². The molecule has 0 rings (SSSR count). The molecule has 0 heterocycles. The standard InChI is InChI=1S/C7H16O/c1-4-7(5-8)6(2)3/h6-8H,4-5H2,1-3H3/t7-/m1/s1. The van der Waals surface area contributed by atoms with Crippen LogP contribution in [0.1, 0.15) is 27.2 Å². The van der Waals surface area contributed by atoms with Gasteiger partial charge in [-0.15, -0.1) is 0 Å². The van der Waals surface area contributed by atoms with Crippen LogP contribution in [0.2, 0.25) is 0 Å². The fraction of sp³-hybridized carbons (Fsp3) is 1.00. The summed E-state index contributed by atoms with van der Waals surface area (Å²) in [6.45, 7) is 6.74. The van der Waals surface area contributed by atoms with E-state index in [1.807, 2.05) is 0 Å². The van der Waals surface area contributed by atoms with E-state index in [2.05, 4.69) is 20.8 Å². The van der Waals surface area contributed by atoms with E-state index < -0.39 is 0 Å². The van der Waals surface area contributed by atoms with Crippen LogP contribution < -0.4 is 0 Å². The first-order valence-corrected chi connectivity index (χ1v) is 3.33. The molecule has 0 amide bonds. The highest BCUT2D eigenvalue weighted by molar-refractivity contribution is 4.57. The predicted molar refractivity (Wildman–Crippen MR) is 35.7 cm³/mol. The Hall–Kier alpha value is -0.0400. The second-order valence-corrected chi connectivity index (χ2v) is 2.59. The molecule has 0 spiro atoms. The molecule has 0 aromatic heterocycles. The van der Waals surface area contributed by atoms with Crippen LogP contribution >= 0.6 is 0 Å². The van der Waals surface area contributed by atoms with Gasteiger partial charge in [-0.2, -0.15) is 0 Å². The summed E-state index contributed by atoms with van der Waals surface area (Å²) in [4.78, 5) is 0. The van der Waals surface area contributed by atoms with Crippen molar-refractivity contribution in [2.75, 3.05) is 6.61 Å². The zero-order valence-electron chi connectivity index (χ0n) is 6.02. The number of rotatable bonds is 3. The second kappa shape index (κ2) is 3.90. The van der Waals surface area contributed by atoms with Gasteiger partial charge in [-0.25, -0.2) is 0 Å². The van der Waals surface area contributed by atoms with Crippen molar-refractivity contribution in [2.45, 2.75) is 27.2 Å². The SMILES string of the molecule is CC[C@H](CO)C(C)C. The van der Waals surface area contributed by atoms with Gasteiger partial charge in [0.2, 0.25) is 0 Å². The molecule has 0 aromatic rings. The molecule has 0 fully saturated rings. The van der Waals surface area contributed by atoms with E-state index >= 15 is 0 Å². The van der Waals surface area contributed by atoms with E-state index in [1.54, 1.807) is 0 Å². The predicted octanol–water partition coefficient (Wildman–Crippen LogP) is 1.66. The summed E-state index contributed by atoms with van der Waals surface area (Å²) in [6.07, 6.45) is 1.09. The van der Waals surface area contributed by atoms with Crippen molar-refractivity contribution in [1.82, 2.24) is 0 Å². The van der Waals surface area contributed by atoms with E-state index in [-0.39, 0.29) is 0 Å². The number of aliphatic hydroxyl groups excluding tert-OH is 1. The van der Waals surface area contributed by atoms with E-state index in [4.69, 9.17) is 5.11 Å². The van der Waals surface area contributed by atoms with Gasteiger partial charge in [-0.05, 0) is 11.8 Å². The summed E-state index contributed by atoms with van der Waals surface area (Å²) in [7, 11) is 0. The Morgan fingerprint density at radius 2 is 1.88 bits per heavy atom. The van der Waals surface area contributed by atoms with Gasteiger partial charge in [0.15, 0.2) is 0 Å². The van der Waals surface area contributed by atoms with E-state index in [9.17, 15) is 0 Å². The first-order valence-electron chi connectivity index (χ1n) is 3.33. The van der Waals surface area contributed by atoms with Crippen molar-refractivity contribution in [3.05, 3.63) is 0 Å². The molecule has 8 heavy (non-hydrogen) atoms. The largest absolute Gasteiger partial charge is 0.396 e. The zero-order valence-corrected chi connectivity index (χ0v) is 6.02. The van der Waals surface area contributed by atoms with Gasteiger partial charge < -0.3 is 5.11 Å². The Morgan fingerprint density at radius 3 is 1.88 bits per heavy atom. The van der Waals surface area contributed by atoms with Crippen molar-refractivity contribution in [2.24, 2.45) is 11.8 Å². The first-order chi connectivity index (χ1) is 3.72. The van der Waals surface area contributed by atoms with Crippen molar-refractivity contribution < 1.29 is 5.11 Å². The molecule has 50 valence electrons. The van der Waals surface area contributed by atoms with Gasteiger partial charge in [0.25, 0.3) is 0 Å². The van der Waals surface area contributed by atoms with E-state index in [0.717, 1.165) is 6.42 Å². The molecule has 0 aliphatic heterocycles. The molecule has 0 saturated heterocycles. The van der Waals surface area contributed by atoms with Crippen LogP contribution in [-0.4, -0.2) is 11.7 Å². The second-order valence-electron chi connectivity index (χ2n) is 2.59. The first kappa shape index (κ1) is 7.96. The van der Waals surface area contributed by atoms with Gasteiger partial charge in [-0.1, -0.05) is 27.2 Å². The summed E-state index contributed by atoms with van der Waals surface area (Å²) in [5.41, 5.74) is 0. The molecule has 1 atom stereocenters. The van der Waals surface area contributed by atoms with Crippen LogP contribution in [0.4, 0.5) is 0 Å². The fourth-order valence-electron chi connectivity index (χ4n) is 0.811. The third-order valence-electron chi connectivity index (χ3n) is 1.70. The van der Waals surface area contributed by atoms with Crippen LogP contribution in [0.3, 0.4) is 0 Å². The Bertz CT molecular complexity index is 46.3. The van der Waals surface area contributed by atoms with Crippen LogP contribution in [0.5, 0.6) is 0 Å². The molecule has 0 aliphatic rings. The Labute approximate surface area is 51.7 Å². The highest BCUT2D eigenvalue weighted by atomic mass is 16.3. The van der Waals surface area contributed by atoms with E-state index in [1.165, 1.54) is 0 Å². The van der Waals surface area contributed by atoms with Gasteiger partial charge in [0, 0.05) is 6.61 Å². The fourth-order valence-corrected chi connectivity index (χ4v) is 0.811. The lowest BCUT2D eigenvalue weighted by atomic mass is 9.95. The molecule has 1 heteroatoms. The molecule has 1 nitrogen and oxygen atoms in total. The lowest BCUT2D eigenvalue weighted by Crippen LogP contribution is -2.11. The van der Waals surface area contributed by atoms with Gasteiger partial charge in [0.1, 0.15) is 0 Å². The summed E-state index contributed by atoms with van der Waals surface area (Å²) in [5.74, 6) is 1.14. The zero-order chi connectivity index (χ0) is 6.57. The molecule has 0 radical (unpaired) electrons. The topological polar surface area (TPSA) is 20.2 Å². The molecule has 0 unspecified atom stereocenters. The molecule has 0 aromatic carbocycles. The maximum atomic E-state index is 8.70. The van der Waals surface area contributed by atoms with Crippen LogP contribution in [0.15, 0.2) is 0 Å². The number of hydrogen-bond acceptors (Lipinski definition) is 1. The van der Waals surface area contributed by atoms with Crippen LogP contribution in [0.25, 0.3) is 0 Å². The molecular formula is C7H16O. The molecule has 0 saturated carbocycles. The van der Waals surface area contributed by atoms with Gasteiger partial charge in [-0.3, -0.25) is 0 Å². The number of aliphatic hydroxyl groups is 1. The minimum Gasteiger partial charge on any atom is -0.396 e. The van der Waals surface area contributed by atoms with Gasteiger partial charge >= 0.3 is 0 Å². The van der Waals surface area contributed by atoms with Crippen LogP contribution in [-0.2, 0) is 0 Å². The monoisotopic (exact) mass is 116 g/mol. The Balaban J connectivity index is 3.35. The third kappa shape index (κ3) is 2.31. The molecule has 1 N–H and O–H groups in total. The van der Waals surface area contributed by atoms with E-state index in [0.29, 0.717) is 18.4 Å². The lowest BCUT2D eigenvalue weighted by Gasteiger charge is -2.14. The maximum Gasteiger partial charge on any atom is 0.0461 e. The third-order valence-corrected chi connectivity index (χ3v) is 1.70.